The van der Waals surface area contributed by atoms with Gasteiger partial charge in [-0.05, 0) is 6.07 Å². The summed E-state index contributed by atoms with van der Waals surface area (Å²) in [4.78, 5) is 11.6. The second-order valence-electron chi connectivity index (χ2n) is 3.12. The topological polar surface area (TPSA) is 52.3 Å². The van der Waals surface area contributed by atoms with Gasteiger partial charge in [-0.1, -0.05) is 23.2 Å². The number of ether oxygens (including phenoxy) is 1. The number of halogens is 2. The molecule has 2 aromatic heterocycles. The van der Waals surface area contributed by atoms with Crippen LogP contribution in [0.5, 0.6) is 0 Å². The summed E-state index contributed by atoms with van der Waals surface area (Å²) >= 11 is 14.4. The van der Waals surface area contributed by atoms with Crippen LogP contribution in [0.15, 0.2) is 11.4 Å². The Kier molecular flexibility index (Phi) is 3.63. The number of hydrogen-bond donors (Lipinski definition) is 1. The molecule has 7 heteroatoms. The van der Waals surface area contributed by atoms with Crippen LogP contribution in [0.1, 0.15) is 10.4 Å². The zero-order chi connectivity index (χ0) is 12.6. The number of nitrogens with two attached hydrogens (primary N) is 1. The fourth-order valence-electron chi connectivity index (χ4n) is 1.41. The molecule has 0 saturated heterocycles. The lowest BCUT2D eigenvalue weighted by atomic mass is 10.1. The quantitative estimate of drug-likeness (QED) is 0.848. The molecule has 2 aromatic rings. The van der Waals surface area contributed by atoms with Crippen LogP contribution in [0.2, 0.25) is 8.67 Å². The van der Waals surface area contributed by atoms with Gasteiger partial charge in [-0.2, -0.15) is 0 Å². The van der Waals surface area contributed by atoms with Gasteiger partial charge in [0.1, 0.15) is 14.9 Å². The molecular formula is C10H7Cl2NO2S2. The van der Waals surface area contributed by atoms with Gasteiger partial charge < -0.3 is 10.5 Å². The molecule has 0 saturated carbocycles. The van der Waals surface area contributed by atoms with Gasteiger partial charge in [0.15, 0.2) is 0 Å². The van der Waals surface area contributed by atoms with E-state index in [9.17, 15) is 4.79 Å². The number of rotatable bonds is 2. The Morgan fingerprint density at radius 1 is 1.41 bits per heavy atom. The average Bonchev–Trinajstić information content (AvgIpc) is 2.80. The van der Waals surface area contributed by atoms with Crippen molar-refractivity contribution in [3.05, 3.63) is 25.7 Å². The van der Waals surface area contributed by atoms with Crippen LogP contribution >= 0.6 is 45.9 Å². The minimum Gasteiger partial charge on any atom is -0.465 e. The summed E-state index contributed by atoms with van der Waals surface area (Å²) in [6.07, 6.45) is 0. The summed E-state index contributed by atoms with van der Waals surface area (Å²) in [7, 11) is 1.31. The molecule has 0 amide bonds. The van der Waals surface area contributed by atoms with Gasteiger partial charge in [-0.25, -0.2) is 4.79 Å². The number of nitrogen functional groups attached to an aromatic ring is 1. The van der Waals surface area contributed by atoms with Crippen LogP contribution in [0.3, 0.4) is 0 Å². The smallest absolute Gasteiger partial charge is 0.341 e. The number of thiophene rings is 2. The third-order valence-electron chi connectivity index (χ3n) is 2.16. The Balaban J connectivity index is 2.60. The van der Waals surface area contributed by atoms with E-state index >= 15 is 0 Å². The Bertz CT molecular complexity index is 577. The second kappa shape index (κ2) is 4.86. The van der Waals surface area contributed by atoms with Crippen LogP contribution in [0, 0.1) is 0 Å². The van der Waals surface area contributed by atoms with E-state index in [0.29, 0.717) is 30.4 Å². The minimum atomic E-state index is -0.475. The van der Waals surface area contributed by atoms with Gasteiger partial charge >= 0.3 is 5.97 Å². The number of carbonyl (C=O) groups is 1. The van der Waals surface area contributed by atoms with Crippen LogP contribution in [0.4, 0.5) is 5.00 Å². The van der Waals surface area contributed by atoms with E-state index in [1.165, 1.54) is 29.8 Å². The van der Waals surface area contributed by atoms with Crippen molar-refractivity contribution in [1.29, 1.82) is 0 Å². The van der Waals surface area contributed by atoms with E-state index in [-0.39, 0.29) is 0 Å². The highest BCUT2D eigenvalue weighted by Crippen LogP contribution is 2.42. The van der Waals surface area contributed by atoms with Gasteiger partial charge in [0.2, 0.25) is 0 Å². The molecule has 0 radical (unpaired) electrons. The van der Waals surface area contributed by atoms with E-state index in [2.05, 4.69) is 0 Å². The first kappa shape index (κ1) is 12.7. The van der Waals surface area contributed by atoms with Gasteiger partial charge in [0.05, 0.1) is 11.4 Å². The molecule has 3 nitrogen and oxygen atoms in total. The maximum Gasteiger partial charge on any atom is 0.341 e. The number of carbonyl (C=O) groups excluding carboxylic acids is 1. The van der Waals surface area contributed by atoms with Crippen LogP contribution in [0.25, 0.3) is 11.1 Å². The zero-order valence-corrected chi connectivity index (χ0v) is 11.8. The molecular weight excluding hydrogens is 301 g/mol. The summed E-state index contributed by atoms with van der Waals surface area (Å²) in [6, 6.07) is 1.71. The van der Waals surface area contributed by atoms with Crippen molar-refractivity contribution in [2.24, 2.45) is 0 Å². The van der Waals surface area contributed by atoms with Gasteiger partial charge in [-0.15, -0.1) is 22.7 Å². The molecule has 0 aromatic carbocycles. The first-order valence-electron chi connectivity index (χ1n) is 4.45. The summed E-state index contributed by atoms with van der Waals surface area (Å²) < 4.78 is 5.79. The van der Waals surface area contributed by atoms with E-state index in [1.54, 1.807) is 11.4 Å². The fourth-order valence-corrected chi connectivity index (χ4v) is 3.70. The standard InChI is InChI=1S/C10H7Cl2NO2S2/c1-15-10(14)7-5(3-16-9(7)13)4-2-6(11)17-8(4)12/h2-3H,13H2,1H3. The molecule has 2 N–H and O–H groups in total. The van der Waals surface area contributed by atoms with Gasteiger partial charge in [0, 0.05) is 16.5 Å². The van der Waals surface area contributed by atoms with Crippen LogP contribution < -0.4 is 5.73 Å². The lowest BCUT2D eigenvalue weighted by Crippen LogP contribution is -2.04. The molecule has 0 spiro atoms. The second-order valence-corrected chi connectivity index (χ2v) is 6.31. The first-order valence-corrected chi connectivity index (χ1v) is 6.90. The van der Waals surface area contributed by atoms with E-state index < -0.39 is 5.97 Å². The highest BCUT2D eigenvalue weighted by Gasteiger charge is 2.21. The van der Waals surface area contributed by atoms with Crippen molar-refractivity contribution < 1.29 is 9.53 Å². The van der Waals surface area contributed by atoms with Crippen molar-refractivity contribution in [3.8, 4) is 11.1 Å². The van der Waals surface area contributed by atoms with Crippen molar-refractivity contribution in [2.45, 2.75) is 0 Å². The predicted molar refractivity (Wildman–Crippen MR) is 73.4 cm³/mol. The Morgan fingerprint density at radius 2 is 2.12 bits per heavy atom. The SMILES string of the molecule is COC(=O)c1c(-c2cc(Cl)sc2Cl)csc1N. The summed E-state index contributed by atoms with van der Waals surface area (Å²) in [5, 5.41) is 2.18. The average molecular weight is 308 g/mol. The number of anilines is 1. The zero-order valence-electron chi connectivity index (χ0n) is 8.62. The largest absolute Gasteiger partial charge is 0.465 e. The maximum absolute atomic E-state index is 11.6. The summed E-state index contributed by atoms with van der Waals surface area (Å²) in [5.41, 5.74) is 7.46. The van der Waals surface area contributed by atoms with Crippen molar-refractivity contribution >= 4 is 56.8 Å². The van der Waals surface area contributed by atoms with Crippen LogP contribution in [-0.4, -0.2) is 13.1 Å². The highest BCUT2D eigenvalue weighted by molar-refractivity contribution is 7.20. The third-order valence-corrected chi connectivity index (χ3v) is 4.46. The molecule has 0 aliphatic carbocycles. The molecule has 0 bridgehead atoms. The molecule has 90 valence electrons. The number of hydrogen-bond acceptors (Lipinski definition) is 5. The molecule has 0 atom stereocenters. The Morgan fingerprint density at radius 3 is 2.65 bits per heavy atom. The Labute approximate surface area is 116 Å². The van der Waals surface area contributed by atoms with Crippen molar-refractivity contribution in [3.63, 3.8) is 0 Å². The fraction of sp³-hybridized carbons (Fsp3) is 0.100. The highest BCUT2D eigenvalue weighted by atomic mass is 35.5. The number of methoxy groups -OCH3 is 1. The number of esters is 1. The molecule has 17 heavy (non-hydrogen) atoms. The monoisotopic (exact) mass is 307 g/mol. The molecule has 2 rings (SSSR count). The van der Waals surface area contributed by atoms with E-state index in [0.717, 1.165) is 0 Å². The third kappa shape index (κ3) is 2.28. The van der Waals surface area contributed by atoms with Crippen LogP contribution in [-0.2, 0) is 4.74 Å². The van der Waals surface area contributed by atoms with E-state index in [1.807, 2.05) is 0 Å². The maximum atomic E-state index is 11.6. The molecule has 0 aliphatic heterocycles. The molecule has 0 aliphatic rings. The predicted octanol–water partition coefficient (Wildman–Crippen LogP) is 4.15. The normalized spacial score (nSPS) is 10.5. The minimum absolute atomic E-state index is 0.342. The lowest BCUT2D eigenvalue weighted by Gasteiger charge is -2.02. The Hall–Kier alpha value is -0.750. The molecule has 2 heterocycles. The summed E-state index contributed by atoms with van der Waals surface area (Å²) in [5.74, 6) is -0.475. The van der Waals surface area contributed by atoms with Crippen molar-refractivity contribution in [2.75, 3.05) is 12.8 Å². The van der Waals surface area contributed by atoms with Gasteiger partial charge in [0.25, 0.3) is 0 Å². The lowest BCUT2D eigenvalue weighted by molar-refractivity contribution is 0.0603. The molecule has 0 unspecified atom stereocenters. The van der Waals surface area contributed by atoms with Gasteiger partial charge in [-0.3, -0.25) is 0 Å². The summed E-state index contributed by atoms with van der Waals surface area (Å²) in [6.45, 7) is 0. The van der Waals surface area contributed by atoms with Crippen molar-refractivity contribution in [1.82, 2.24) is 0 Å². The molecule has 0 fully saturated rings. The van der Waals surface area contributed by atoms with E-state index in [4.69, 9.17) is 33.7 Å². The first-order chi connectivity index (χ1) is 8.04.